The molecule has 2 aliphatic heterocycles. The Bertz CT molecular complexity index is 1110. The topological polar surface area (TPSA) is 95.1 Å². The number of hydrogen-bond donors (Lipinski definition) is 1. The summed E-state index contributed by atoms with van der Waals surface area (Å²) in [6.07, 6.45) is 10.4. The zero-order valence-corrected chi connectivity index (χ0v) is 18.1. The molecule has 0 amide bonds. The highest BCUT2D eigenvalue weighted by atomic mass is 16.5. The highest BCUT2D eigenvalue weighted by molar-refractivity contribution is 5.61. The van der Waals surface area contributed by atoms with Crippen molar-refractivity contribution in [3.8, 4) is 17.5 Å². The van der Waals surface area contributed by atoms with Crippen LogP contribution in [0.25, 0.3) is 5.69 Å². The van der Waals surface area contributed by atoms with E-state index < -0.39 is 0 Å². The van der Waals surface area contributed by atoms with Gasteiger partial charge in [-0.25, -0.2) is 15.0 Å². The first kappa shape index (κ1) is 20.3. The summed E-state index contributed by atoms with van der Waals surface area (Å²) in [5.41, 5.74) is 2.38. The third-order valence-electron chi connectivity index (χ3n) is 6.23. The average Bonchev–Trinajstić information content (AvgIpc) is 3.61. The zero-order valence-electron chi connectivity index (χ0n) is 18.1. The maximum Gasteiger partial charge on any atom is 0.158 e. The number of rotatable bonds is 6. The standard InChI is InChI=1S/C23H26N8O/c1-32-21-10-18(30-9-6-19(14-30)29-7-2-3-8-29)4-5-20(21)31-15-23(27-16-31)28-22-13-25-17(11-24)12-26-22/h4-5,10,12-13,15-16,19H,2-3,6-9,14H2,1H3,(H,26,28)/t19-/m1/s1. The van der Waals surface area contributed by atoms with Gasteiger partial charge < -0.3 is 19.5 Å². The SMILES string of the molecule is COc1cc(N2CC[C@@H](N3CCCC3)C2)ccc1-n1cnc(Nc2cnc(C#N)cn2)c1. The molecule has 0 spiro atoms. The second-order valence-electron chi connectivity index (χ2n) is 8.18. The largest absolute Gasteiger partial charge is 0.494 e. The average molecular weight is 431 g/mol. The molecule has 0 saturated carbocycles. The van der Waals surface area contributed by atoms with Crippen molar-refractivity contribution in [3.05, 3.63) is 48.8 Å². The van der Waals surface area contributed by atoms with Gasteiger partial charge in [0.15, 0.2) is 5.69 Å². The van der Waals surface area contributed by atoms with Crippen LogP contribution in [-0.4, -0.2) is 63.7 Å². The van der Waals surface area contributed by atoms with Crippen LogP contribution in [0.1, 0.15) is 25.0 Å². The minimum Gasteiger partial charge on any atom is -0.494 e. The number of methoxy groups -OCH3 is 1. The molecule has 1 aromatic carbocycles. The van der Waals surface area contributed by atoms with E-state index in [9.17, 15) is 0 Å². The van der Waals surface area contributed by atoms with E-state index in [1.54, 1.807) is 13.4 Å². The number of nitrogens with zero attached hydrogens (tertiary/aromatic N) is 7. The molecular weight excluding hydrogens is 404 g/mol. The van der Waals surface area contributed by atoms with Gasteiger partial charge in [0.05, 0.1) is 31.4 Å². The van der Waals surface area contributed by atoms with Gasteiger partial charge in [-0.15, -0.1) is 0 Å². The molecule has 0 aliphatic carbocycles. The Morgan fingerprint density at radius 1 is 1.09 bits per heavy atom. The van der Waals surface area contributed by atoms with E-state index >= 15 is 0 Å². The molecule has 2 fully saturated rings. The molecule has 5 rings (SSSR count). The molecule has 3 aromatic rings. The Morgan fingerprint density at radius 3 is 2.72 bits per heavy atom. The molecule has 4 heterocycles. The summed E-state index contributed by atoms with van der Waals surface area (Å²) in [5.74, 6) is 1.95. The molecular formula is C23H26N8O. The van der Waals surface area contributed by atoms with Crippen molar-refractivity contribution in [2.75, 3.05) is 43.5 Å². The van der Waals surface area contributed by atoms with Crippen LogP contribution in [0.5, 0.6) is 5.75 Å². The predicted octanol–water partition coefficient (Wildman–Crippen LogP) is 2.96. The fourth-order valence-electron chi connectivity index (χ4n) is 4.56. The van der Waals surface area contributed by atoms with Crippen molar-refractivity contribution >= 4 is 17.3 Å². The van der Waals surface area contributed by atoms with E-state index in [1.165, 1.54) is 50.4 Å². The van der Waals surface area contributed by atoms with Crippen molar-refractivity contribution in [2.24, 2.45) is 0 Å². The smallest absolute Gasteiger partial charge is 0.158 e. The first-order chi connectivity index (χ1) is 15.7. The van der Waals surface area contributed by atoms with Gasteiger partial charge in [0.25, 0.3) is 0 Å². The first-order valence-electron chi connectivity index (χ1n) is 10.9. The number of imidazole rings is 1. The third kappa shape index (κ3) is 4.09. The van der Waals surface area contributed by atoms with Gasteiger partial charge in [-0.3, -0.25) is 4.90 Å². The molecule has 9 heteroatoms. The van der Waals surface area contributed by atoms with E-state index in [0.29, 0.717) is 17.7 Å². The lowest BCUT2D eigenvalue weighted by Gasteiger charge is -2.25. The van der Waals surface area contributed by atoms with Gasteiger partial charge >= 0.3 is 0 Å². The van der Waals surface area contributed by atoms with Crippen molar-refractivity contribution in [2.45, 2.75) is 25.3 Å². The Morgan fingerprint density at radius 2 is 1.97 bits per heavy atom. The molecule has 164 valence electrons. The van der Waals surface area contributed by atoms with Gasteiger partial charge in [-0.1, -0.05) is 0 Å². The minimum atomic E-state index is 0.274. The van der Waals surface area contributed by atoms with E-state index in [0.717, 1.165) is 24.5 Å². The van der Waals surface area contributed by atoms with Crippen LogP contribution in [-0.2, 0) is 0 Å². The summed E-state index contributed by atoms with van der Waals surface area (Å²) in [6, 6.07) is 8.96. The number of ether oxygens (including phenoxy) is 1. The maximum atomic E-state index is 8.84. The summed E-state index contributed by atoms with van der Waals surface area (Å²) in [5, 5.41) is 11.9. The Hall–Kier alpha value is -3.64. The minimum absolute atomic E-state index is 0.274. The highest BCUT2D eigenvalue weighted by Gasteiger charge is 2.29. The highest BCUT2D eigenvalue weighted by Crippen LogP contribution is 2.32. The molecule has 1 atom stereocenters. The lowest BCUT2D eigenvalue weighted by atomic mass is 10.2. The number of likely N-dealkylation sites (tertiary alicyclic amines) is 1. The van der Waals surface area contributed by atoms with E-state index in [-0.39, 0.29) is 5.69 Å². The quantitative estimate of drug-likeness (QED) is 0.638. The van der Waals surface area contributed by atoms with Crippen molar-refractivity contribution in [1.82, 2.24) is 24.4 Å². The van der Waals surface area contributed by atoms with Crippen LogP contribution in [0.4, 0.5) is 17.3 Å². The molecule has 2 aromatic heterocycles. The van der Waals surface area contributed by atoms with E-state index in [1.807, 2.05) is 16.8 Å². The molecule has 2 saturated heterocycles. The fraction of sp³-hybridized carbons (Fsp3) is 0.391. The van der Waals surface area contributed by atoms with Crippen LogP contribution >= 0.6 is 0 Å². The van der Waals surface area contributed by atoms with Gasteiger partial charge in [-0.05, 0) is 44.5 Å². The molecule has 1 N–H and O–H groups in total. The van der Waals surface area contributed by atoms with E-state index in [4.69, 9.17) is 10.00 Å². The predicted molar refractivity (Wildman–Crippen MR) is 122 cm³/mol. The fourth-order valence-corrected chi connectivity index (χ4v) is 4.56. The van der Waals surface area contributed by atoms with Crippen molar-refractivity contribution in [3.63, 3.8) is 0 Å². The van der Waals surface area contributed by atoms with Crippen LogP contribution in [0.3, 0.4) is 0 Å². The Kier molecular flexibility index (Phi) is 5.60. The summed E-state index contributed by atoms with van der Waals surface area (Å²) in [4.78, 5) is 17.7. The second-order valence-corrected chi connectivity index (χ2v) is 8.18. The van der Waals surface area contributed by atoms with Gasteiger partial charge in [0.2, 0.25) is 0 Å². The lowest BCUT2D eigenvalue weighted by molar-refractivity contribution is 0.260. The Labute approximate surface area is 187 Å². The van der Waals surface area contributed by atoms with Gasteiger partial charge in [-0.2, -0.15) is 5.26 Å². The monoisotopic (exact) mass is 430 g/mol. The molecule has 9 nitrogen and oxygen atoms in total. The molecule has 2 aliphatic rings. The molecule has 0 unspecified atom stereocenters. The third-order valence-corrected chi connectivity index (χ3v) is 6.23. The molecule has 32 heavy (non-hydrogen) atoms. The van der Waals surface area contributed by atoms with E-state index in [2.05, 4.69) is 48.3 Å². The van der Waals surface area contributed by atoms with Crippen LogP contribution in [0.2, 0.25) is 0 Å². The number of nitrogens with one attached hydrogen (secondary N) is 1. The summed E-state index contributed by atoms with van der Waals surface area (Å²) < 4.78 is 7.64. The van der Waals surface area contributed by atoms with Gasteiger partial charge in [0, 0.05) is 30.9 Å². The number of nitriles is 1. The van der Waals surface area contributed by atoms with Crippen molar-refractivity contribution in [1.29, 1.82) is 5.26 Å². The second kappa shape index (κ2) is 8.85. The normalized spacial score (nSPS) is 18.6. The molecule has 0 bridgehead atoms. The van der Waals surface area contributed by atoms with Crippen molar-refractivity contribution < 1.29 is 4.74 Å². The number of aromatic nitrogens is 4. The number of hydrogen-bond acceptors (Lipinski definition) is 8. The Balaban J connectivity index is 1.30. The van der Waals surface area contributed by atoms with Crippen LogP contribution < -0.4 is 15.0 Å². The number of benzene rings is 1. The summed E-state index contributed by atoms with van der Waals surface area (Å²) in [7, 11) is 1.70. The maximum absolute atomic E-state index is 8.84. The summed E-state index contributed by atoms with van der Waals surface area (Å²) >= 11 is 0. The first-order valence-corrected chi connectivity index (χ1v) is 10.9. The number of anilines is 3. The zero-order chi connectivity index (χ0) is 21.9. The summed E-state index contributed by atoms with van der Waals surface area (Å²) in [6.45, 7) is 4.64. The molecule has 0 radical (unpaired) electrons. The lowest BCUT2D eigenvalue weighted by Crippen LogP contribution is -2.35. The van der Waals surface area contributed by atoms with Crippen LogP contribution in [0.15, 0.2) is 43.1 Å². The van der Waals surface area contributed by atoms with Gasteiger partial charge in [0.1, 0.15) is 29.8 Å². The van der Waals surface area contributed by atoms with Crippen LogP contribution in [0, 0.1) is 11.3 Å².